The van der Waals surface area contributed by atoms with Crippen molar-refractivity contribution in [1.82, 2.24) is 10.2 Å². The summed E-state index contributed by atoms with van der Waals surface area (Å²) in [5, 5.41) is 3.92. The zero-order chi connectivity index (χ0) is 15.2. The minimum Gasteiger partial charge on any atom is -0.496 e. The first kappa shape index (κ1) is 15.9. The first-order valence-electron chi connectivity index (χ1n) is 7.11. The molecule has 1 aliphatic heterocycles. The number of hydrogen-bond donors (Lipinski definition) is 1. The Hall–Kier alpha value is -1.52. The van der Waals surface area contributed by atoms with Crippen molar-refractivity contribution in [1.29, 1.82) is 0 Å². The van der Waals surface area contributed by atoms with Crippen molar-refractivity contribution in [2.24, 2.45) is 0 Å². The average Bonchev–Trinajstić information content (AvgIpc) is 2.52. The lowest BCUT2D eigenvalue weighted by atomic mass is 10.1. The number of piperidine rings is 1. The van der Waals surface area contributed by atoms with Crippen LogP contribution in [-0.4, -0.2) is 44.1 Å². The van der Waals surface area contributed by atoms with Crippen molar-refractivity contribution >= 4 is 23.6 Å². The van der Waals surface area contributed by atoms with Gasteiger partial charge in [0, 0.05) is 29.8 Å². The second-order valence-corrected chi connectivity index (χ2v) is 5.59. The number of hydrogen-bond acceptors (Lipinski definition) is 3. The molecular weight excluding hydrogens is 288 g/mol. The third kappa shape index (κ3) is 4.22. The van der Waals surface area contributed by atoms with E-state index in [1.165, 1.54) is 0 Å². The molecule has 0 atom stereocenters. The summed E-state index contributed by atoms with van der Waals surface area (Å²) in [6.07, 6.45) is 5.33. The maximum atomic E-state index is 12.2. The summed E-state index contributed by atoms with van der Waals surface area (Å²) in [5.41, 5.74) is 0.803. The van der Waals surface area contributed by atoms with E-state index in [1.807, 2.05) is 11.9 Å². The third-order valence-electron chi connectivity index (χ3n) is 3.80. The number of ether oxygens (including phenoxy) is 1. The molecule has 0 bridgehead atoms. The first-order valence-corrected chi connectivity index (χ1v) is 7.48. The van der Waals surface area contributed by atoms with Crippen molar-refractivity contribution in [2.45, 2.75) is 18.9 Å². The van der Waals surface area contributed by atoms with Crippen LogP contribution >= 0.6 is 11.6 Å². The van der Waals surface area contributed by atoms with Crippen LogP contribution < -0.4 is 10.1 Å². The predicted molar refractivity (Wildman–Crippen MR) is 85.7 cm³/mol. The van der Waals surface area contributed by atoms with Crippen molar-refractivity contribution in [2.75, 3.05) is 27.2 Å². The number of nitrogens with one attached hydrogen (secondary N) is 1. The Bertz CT molecular complexity index is 525. The van der Waals surface area contributed by atoms with E-state index in [9.17, 15) is 4.79 Å². The lowest BCUT2D eigenvalue weighted by Gasteiger charge is -2.30. The number of halogens is 1. The molecule has 5 heteroatoms. The predicted octanol–water partition coefficient (Wildman–Crippen LogP) is 2.57. The van der Waals surface area contributed by atoms with E-state index in [0.29, 0.717) is 16.8 Å². The number of carbonyl (C=O) groups excluding carboxylic acids is 1. The molecule has 1 aromatic carbocycles. The van der Waals surface area contributed by atoms with E-state index < -0.39 is 0 Å². The van der Waals surface area contributed by atoms with Gasteiger partial charge in [0.2, 0.25) is 5.91 Å². The van der Waals surface area contributed by atoms with Gasteiger partial charge in [-0.15, -0.1) is 0 Å². The lowest BCUT2D eigenvalue weighted by molar-refractivity contribution is -0.127. The van der Waals surface area contributed by atoms with E-state index in [1.54, 1.807) is 37.5 Å². The van der Waals surface area contributed by atoms with E-state index >= 15 is 0 Å². The van der Waals surface area contributed by atoms with E-state index in [4.69, 9.17) is 16.3 Å². The second-order valence-electron chi connectivity index (χ2n) is 5.15. The molecule has 0 aliphatic carbocycles. The molecule has 1 fully saturated rings. The van der Waals surface area contributed by atoms with Crippen LogP contribution in [0.2, 0.25) is 5.02 Å². The van der Waals surface area contributed by atoms with E-state index in [2.05, 4.69) is 5.32 Å². The number of rotatable bonds is 4. The smallest absolute Gasteiger partial charge is 0.246 e. The summed E-state index contributed by atoms with van der Waals surface area (Å²) in [6, 6.07) is 5.66. The fourth-order valence-corrected chi connectivity index (χ4v) is 2.67. The molecule has 1 amide bonds. The quantitative estimate of drug-likeness (QED) is 0.869. The van der Waals surface area contributed by atoms with Gasteiger partial charge in [-0.1, -0.05) is 11.6 Å². The number of likely N-dealkylation sites (N-methyl/N-ethyl adjacent to an activating group) is 1. The molecule has 0 saturated carbocycles. The zero-order valence-corrected chi connectivity index (χ0v) is 13.2. The standard InChI is InChI=1S/C16H21ClN2O2/c1-19(14-7-9-18-10-8-14)16(20)6-3-12-11-13(17)4-5-15(12)21-2/h3-6,11,14,18H,7-10H2,1-2H3/b6-3+. The van der Waals surface area contributed by atoms with Gasteiger partial charge in [0.25, 0.3) is 0 Å². The van der Waals surface area contributed by atoms with Crippen LogP contribution in [0.25, 0.3) is 6.08 Å². The van der Waals surface area contributed by atoms with Crippen LogP contribution in [0.5, 0.6) is 5.75 Å². The van der Waals surface area contributed by atoms with Gasteiger partial charge in [-0.3, -0.25) is 4.79 Å². The van der Waals surface area contributed by atoms with Gasteiger partial charge >= 0.3 is 0 Å². The monoisotopic (exact) mass is 308 g/mol. The van der Waals surface area contributed by atoms with Crippen LogP contribution in [0.1, 0.15) is 18.4 Å². The van der Waals surface area contributed by atoms with Gasteiger partial charge in [0.05, 0.1) is 7.11 Å². The summed E-state index contributed by atoms with van der Waals surface area (Å²) < 4.78 is 5.27. The molecule has 0 unspecified atom stereocenters. The van der Waals surface area contributed by atoms with Crippen LogP contribution in [0.3, 0.4) is 0 Å². The second kappa shape index (κ2) is 7.48. The van der Waals surface area contributed by atoms with Crippen LogP contribution in [-0.2, 0) is 4.79 Å². The lowest BCUT2D eigenvalue weighted by Crippen LogP contribution is -2.43. The first-order chi connectivity index (χ1) is 10.1. The number of amides is 1. The molecule has 0 radical (unpaired) electrons. The highest BCUT2D eigenvalue weighted by molar-refractivity contribution is 6.30. The zero-order valence-electron chi connectivity index (χ0n) is 12.4. The van der Waals surface area contributed by atoms with E-state index in [0.717, 1.165) is 31.5 Å². The maximum absolute atomic E-state index is 12.2. The summed E-state index contributed by atoms with van der Waals surface area (Å²) in [5.74, 6) is 0.705. The highest BCUT2D eigenvalue weighted by atomic mass is 35.5. The van der Waals surface area contributed by atoms with Gasteiger partial charge in [-0.05, 0) is 50.2 Å². The number of nitrogens with zero attached hydrogens (tertiary/aromatic N) is 1. The molecule has 0 spiro atoms. The summed E-state index contributed by atoms with van der Waals surface area (Å²) in [6.45, 7) is 1.93. The molecule has 21 heavy (non-hydrogen) atoms. The molecule has 2 rings (SSSR count). The minimum absolute atomic E-state index is 0.00364. The Balaban J connectivity index is 2.05. The molecule has 1 saturated heterocycles. The Morgan fingerprint density at radius 1 is 1.43 bits per heavy atom. The molecule has 4 nitrogen and oxygen atoms in total. The Morgan fingerprint density at radius 2 is 2.14 bits per heavy atom. The number of methoxy groups -OCH3 is 1. The SMILES string of the molecule is COc1ccc(Cl)cc1/C=C/C(=O)N(C)C1CCNCC1. The van der Waals surface area contributed by atoms with Crippen LogP contribution in [0.4, 0.5) is 0 Å². The fourth-order valence-electron chi connectivity index (χ4n) is 2.49. The van der Waals surface area contributed by atoms with Crippen LogP contribution in [0, 0.1) is 0 Å². The van der Waals surface area contributed by atoms with Gasteiger partial charge in [0.1, 0.15) is 5.75 Å². The number of benzene rings is 1. The van der Waals surface area contributed by atoms with Gasteiger partial charge in [-0.2, -0.15) is 0 Å². The normalized spacial score (nSPS) is 16.1. The highest BCUT2D eigenvalue weighted by Crippen LogP contribution is 2.24. The minimum atomic E-state index is 0.00364. The van der Waals surface area contributed by atoms with Crippen molar-refractivity contribution < 1.29 is 9.53 Å². The Morgan fingerprint density at radius 3 is 2.81 bits per heavy atom. The maximum Gasteiger partial charge on any atom is 0.246 e. The Kier molecular flexibility index (Phi) is 5.65. The summed E-state index contributed by atoms with van der Waals surface area (Å²) >= 11 is 5.98. The fraction of sp³-hybridized carbons (Fsp3) is 0.438. The molecule has 1 aliphatic rings. The van der Waals surface area contributed by atoms with E-state index in [-0.39, 0.29) is 5.91 Å². The number of carbonyl (C=O) groups is 1. The van der Waals surface area contributed by atoms with Crippen LogP contribution in [0.15, 0.2) is 24.3 Å². The summed E-state index contributed by atoms with van der Waals surface area (Å²) in [4.78, 5) is 14.1. The topological polar surface area (TPSA) is 41.6 Å². The highest BCUT2D eigenvalue weighted by Gasteiger charge is 2.20. The van der Waals surface area contributed by atoms with Crippen molar-refractivity contribution in [3.63, 3.8) is 0 Å². The van der Waals surface area contributed by atoms with Gasteiger partial charge in [-0.25, -0.2) is 0 Å². The average molecular weight is 309 g/mol. The summed E-state index contributed by atoms with van der Waals surface area (Å²) in [7, 11) is 3.46. The molecule has 1 aromatic rings. The molecular formula is C16H21ClN2O2. The Labute approximate surface area is 130 Å². The molecule has 114 valence electrons. The molecule has 0 aromatic heterocycles. The van der Waals surface area contributed by atoms with Crippen molar-refractivity contribution in [3.05, 3.63) is 34.9 Å². The van der Waals surface area contributed by atoms with Gasteiger partial charge in [0.15, 0.2) is 0 Å². The van der Waals surface area contributed by atoms with Crippen molar-refractivity contribution in [3.8, 4) is 5.75 Å². The van der Waals surface area contributed by atoms with Gasteiger partial charge < -0.3 is 15.0 Å². The molecule has 1 N–H and O–H groups in total. The third-order valence-corrected chi connectivity index (χ3v) is 4.04. The molecule has 1 heterocycles. The largest absolute Gasteiger partial charge is 0.496 e.